The molecule has 0 aliphatic carbocycles. The SMILES string of the molecule is CCCCOC(=O)C1CNCCc2c1ccc(Cl)c2SCc1cccs1. The normalized spacial score (nSPS) is 16.8. The third-order valence-electron chi connectivity index (χ3n) is 4.49. The molecule has 1 aliphatic heterocycles. The number of benzene rings is 1. The molecule has 2 heterocycles. The van der Waals surface area contributed by atoms with Gasteiger partial charge in [0.15, 0.2) is 0 Å². The van der Waals surface area contributed by atoms with Gasteiger partial charge in [0, 0.05) is 22.1 Å². The molecule has 1 unspecified atom stereocenters. The lowest BCUT2D eigenvalue weighted by Gasteiger charge is -2.19. The van der Waals surface area contributed by atoms with Crippen LogP contribution in [0.15, 0.2) is 34.5 Å². The molecule has 0 fully saturated rings. The van der Waals surface area contributed by atoms with Crippen molar-refractivity contribution in [1.82, 2.24) is 5.32 Å². The Hall–Kier alpha value is -1.01. The molecular formula is C20H24ClNO2S2. The van der Waals surface area contributed by atoms with Gasteiger partial charge in [0.2, 0.25) is 0 Å². The number of fused-ring (bicyclic) bond motifs is 1. The average molecular weight is 410 g/mol. The lowest BCUT2D eigenvalue weighted by molar-refractivity contribution is -0.145. The van der Waals surface area contributed by atoms with Gasteiger partial charge in [-0.05, 0) is 48.0 Å². The van der Waals surface area contributed by atoms with Gasteiger partial charge in [0.25, 0.3) is 0 Å². The summed E-state index contributed by atoms with van der Waals surface area (Å²) in [5, 5.41) is 6.24. The van der Waals surface area contributed by atoms with E-state index in [9.17, 15) is 4.79 Å². The number of thiophene rings is 1. The van der Waals surface area contributed by atoms with E-state index in [4.69, 9.17) is 16.3 Å². The summed E-state index contributed by atoms with van der Waals surface area (Å²) in [5.41, 5.74) is 2.26. The van der Waals surface area contributed by atoms with Crippen LogP contribution in [0.4, 0.5) is 0 Å². The van der Waals surface area contributed by atoms with E-state index in [0.717, 1.165) is 47.0 Å². The Balaban J connectivity index is 1.84. The molecule has 6 heteroatoms. The molecule has 1 N–H and O–H groups in total. The van der Waals surface area contributed by atoms with E-state index in [1.54, 1.807) is 23.1 Å². The maximum Gasteiger partial charge on any atom is 0.314 e. The van der Waals surface area contributed by atoms with Crippen molar-refractivity contribution >= 4 is 40.7 Å². The predicted octanol–water partition coefficient (Wildman–Crippen LogP) is 5.27. The highest BCUT2D eigenvalue weighted by Crippen LogP contribution is 2.39. The first-order valence-corrected chi connectivity index (χ1v) is 11.3. The predicted molar refractivity (Wildman–Crippen MR) is 111 cm³/mol. The Labute approximate surface area is 168 Å². The highest BCUT2D eigenvalue weighted by molar-refractivity contribution is 7.98. The van der Waals surface area contributed by atoms with Crippen LogP contribution in [-0.4, -0.2) is 25.7 Å². The minimum Gasteiger partial charge on any atom is -0.465 e. The number of ether oxygens (including phenoxy) is 1. The number of halogens is 1. The standard InChI is InChI=1S/C20H24ClNO2S2/c1-2-3-10-24-20(23)17-12-22-9-8-16-15(17)6-7-18(21)19(16)26-13-14-5-4-11-25-14/h4-7,11,17,22H,2-3,8-10,12-13H2,1H3. The van der Waals surface area contributed by atoms with Crippen LogP contribution < -0.4 is 5.32 Å². The topological polar surface area (TPSA) is 38.3 Å². The lowest BCUT2D eigenvalue weighted by atomic mass is 9.94. The monoisotopic (exact) mass is 409 g/mol. The van der Waals surface area contributed by atoms with E-state index in [0.29, 0.717) is 13.2 Å². The van der Waals surface area contributed by atoms with Crippen LogP contribution in [0.3, 0.4) is 0 Å². The van der Waals surface area contributed by atoms with E-state index in [2.05, 4.69) is 29.8 Å². The Morgan fingerprint density at radius 3 is 3.08 bits per heavy atom. The molecule has 0 saturated heterocycles. The van der Waals surface area contributed by atoms with Gasteiger partial charge in [-0.15, -0.1) is 23.1 Å². The van der Waals surface area contributed by atoms with E-state index < -0.39 is 0 Å². The zero-order valence-corrected chi connectivity index (χ0v) is 17.3. The first-order chi connectivity index (χ1) is 12.7. The minimum atomic E-state index is -0.261. The molecule has 3 nitrogen and oxygen atoms in total. The highest BCUT2D eigenvalue weighted by atomic mass is 35.5. The van der Waals surface area contributed by atoms with Gasteiger partial charge in [0.1, 0.15) is 0 Å². The fourth-order valence-electron chi connectivity index (χ4n) is 3.09. The second-order valence-electron chi connectivity index (χ2n) is 6.34. The molecule has 140 valence electrons. The summed E-state index contributed by atoms with van der Waals surface area (Å²) in [4.78, 5) is 15.1. The Kier molecular flexibility index (Phi) is 7.43. The minimum absolute atomic E-state index is 0.134. The summed E-state index contributed by atoms with van der Waals surface area (Å²) >= 11 is 10.0. The van der Waals surface area contributed by atoms with Gasteiger partial charge in [-0.2, -0.15) is 0 Å². The van der Waals surface area contributed by atoms with E-state index in [1.807, 2.05) is 12.1 Å². The fourth-order valence-corrected chi connectivity index (χ4v) is 5.35. The third-order valence-corrected chi connectivity index (χ3v) is 7.19. The van der Waals surface area contributed by atoms with E-state index in [-0.39, 0.29) is 11.9 Å². The van der Waals surface area contributed by atoms with Crippen LogP contribution in [0.5, 0.6) is 0 Å². The fraction of sp³-hybridized carbons (Fsp3) is 0.450. The van der Waals surface area contributed by atoms with Gasteiger partial charge in [-0.3, -0.25) is 4.79 Å². The van der Waals surface area contributed by atoms with Gasteiger partial charge in [-0.1, -0.05) is 37.1 Å². The summed E-state index contributed by atoms with van der Waals surface area (Å²) in [6, 6.07) is 8.14. The van der Waals surface area contributed by atoms with Crippen LogP contribution in [0.1, 0.15) is 41.7 Å². The summed E-state index contributed by atoms with van der Waals surface area (Å²) < 4.78 is 5.51. The van der Waals surface area contributed by atoms with Crippen molar-refractivity contribution in [3.8, 4) is 0 Å². The zero-order valence-electron chi connectivity index (χ0n) is 14.9. The number of rotatable bonds is 7. The van der Waals surface area contributed by atoms with Crippen molar-refractivity contribution in [2.75, 3.05) is 19.7 Å². The van der Waals surface area contributed by atoms with Crippen LogP contribution >= 0.6 is 34.7 Å². The Morgan fingerprint density at radius 2 is 2.31 bits per heavy atom. The average Bonchev–Trinajstić information content (AvgIpc) is 3.06. The van der Waals surface area contributed by atoms with Gasteiger partial charge < -0.3 is 10.1 Å². The molecule has 26 heavy (non-hydrogen) atoms. The summed E-state index contributed by atoms with van der Waals surface area (Å²) in [5.74, 6) is 0.501. The quantitative estimate of drug-likeness (QED) is 0.384. The smallest absolute Gasteiger partial charge is 0.314 e. The van der Waals surface area contributed by atoms with Crippen molar-refractivity contribution in [3.05, 3.63) is 50.7 Å². The third kappa shape index (κ3) is 4.83. The van der Waals surface area contributed by atoms with Crippen molar-refractivity contribution in [2.24, 2.45) is 0 Å². The first kappa shape index (κ1) is 19.7. The maximum atomic E-state index is 12.6. The molecule has 2 aromatic rings. The van der Waals surface area contributed by atoms with E-state index >= 15 is 0 Å². The second kappa shape index (κ2) is 9.79. The molecule has 0 amide bonds. The number of thioether (sulfide) groups is 1. The molecule has 0 bridgehead atoms. The largest absolute Gasteiger partial charge is 0.465 e. The van der Waals surface area contributed by atoms with Gasteiger partial charge >= 0.3 is 5.97 Å². The number of hydrogen-bond acceptors (Lipinski definition) is 5. The number of hydrogen-bond donors (Lipinski definition) is 1. The molecule has 0 radical (unpaired) electrons. The van der Waals surface area contributed by atoms with Crippen LogP contribution in [0.25, 0.3) is 0 Å². The second-order valence-corrected chi connectivity index (χ2v) is 8.77. The van der Waals surface area contributed by atoms with Crippen LogP contribution in [0, 0.1) is 0 Å². The van der Waals surface area contributed by atoms with Crippen molar-refractivity contribution in [1.29, 1.82) is 0 Å². The number of esters is 1. The Morgan fingerprint density at radius 1 is 1.42 bits per heavy atom. The molecule has 1 aromatic carbocycles. The van der Waals surface area contributed by atoms with Crippen molar-refractivity contribution < 1.29 is 9.53 Å². The molecule has 0 saturated carbocycles. The van der Waals surface area contributed by atoms with Crippen LogP contribution in [0.2, 0.25) is 5.02 Å². The summed E-state index contributed by atoms with van der Waals surface area (Å²) in [6.07, 6.45) is 2.80. The molecule has 3 rings (SSSR count). The summed E-state index contributed by atoms with van der Waals surface area (Å²) in [6.45, 7) is 4.05. The number of nitrogens with one attached hydrogen (secondary N) is 1. The van der Waals surface area contributed by atoms with E-state index in [1.165, 1.54) is 10.4 Å². The van der Waals surface area contributed by atoms with Crippen LogP contribution in [-0.2, 0) is 21.7 Å². The molecule has 1 aromatic heterocycles. The number of unbranched alkanes of at least 4 members (excludes halogenated alkanes) is 1. The molecule has 0 spiro atoms. The van der Waals surface area contributed by atoms with Crippen molar-refractivity contribution in [3.63, 3.8) is 0 Å². The zero-order chi connectivity index (χ0) is 18.4. The first-order valence-electron chi connectivity index (χ1n) is 9.04. The molecular weight excluding hydrogens is 386 g/mol. The van der Waals surface area contributed by atoms with Gasteiger partial charge in [0.05, 0.1) is 17.5 Å². The number of carbonyl (C=O) groups is 1. The van der Waals surface area contributed by atoms with Crippen molar-refractivity contribution in [2.45, 2.75) is 42.8 Å². The molecule has 1 atom stereocenters. The summed E-state index contributed by atoms with van der Waals surface area (Å²) in [7, 11) is 0. The molecule has 1 aliphatic rings. The lowest BCUT2D eigenvalue weighted by Crippen LogP contribution is -2.27. The highest BCUT2D eigenvalue weighted by Gasteiger charge is 2.28. The maximum absolute atomic E-state index is 12.6. The van der Waals surface area contributed by atoms with Gasteiger partial charge in [-0.25, -0.2) is 0 Å². The Bertz CT molecular complexity index is 734. The number of carbonyl (C=O) groups excluding carboxylic acids is 1.